The molecule has 2 aromatic rings. The molecule has 1 saturated heterocycles. The number of hydrogen-bond acceptors (Lipinski definition) is 5. The number of carbonyl (C=O) groups is 3. The number of nitrogens with zero attached hydrogens (tertiary/aromatic N) is 2. The molecule has 0 radical (unpaired) electrons. The molecule has 164 valence electrons. The zero-order chi connectivity index (χ0) is 22.1. The lowest BCUT2D eigenvalue weighted by Crippen LogP contribution is -2.52. The van der Waals surface area contributed by atoms with Gasteiger partial charge in [0.15, 0.2) is 6.61 Å². The van der Waals surface area contributed by atoms with Gasteiger partial charge in [-0.3, -0.25) is 9.59 Å². The molecule has 2 aromatic carbocycles. The quantitative estimate of drug-likeness (QED) is 0.689. The topological polar surface area (TPSA) is 88.2 Å². The van der Waals surface area contributed by atoms with E-state index in [1.165, 1.54) is 0 Å². The predicted molar refractivity (Wildman–Crippen MR) is 116 cm³/mol. The summed E-state index contributed by atoms with van der Waals surface area (Å²) in [6, 6.07) is 16.5. The van der Waals surface area contributed by atoms with Gasteiger partial charge in [-0.25, -0.2) is 4.79 Å². The summed E-state index contributed by atoms with van der Waals surface area (Å²) >= 11 is 0. The molecule has 1 heterocycles. The zero-order valence-electron chi connectivity index (χ0n) is 17.6. The number of carbonyl (C=O) groups excluding carboxylic acids is 3. The van der Waals surface area contributed by atoms with E-state index in [0.29, 0.717) is 32.6 Å². The lowest BCUT2D eigenvalue weighted by Gasteiger charge is -2.34. The Bertz CT molecular complexity index is 878. The minimum Gasteiger partial charge on any atom is -0.497 e. The number of para-hydroxylation sites is 1. The van der Waals surface area contributed by atoms with Crippen LogP contribution in [0, 0.1) is 0 Å². The third-order valence-electron chi connectivity index (χ3n) is 5.08. The van der Waals surface area contributed by atoms with Gasteiger partial charge in [-0.05, 0) is 36.2 Å². The fourth-order valence-electron chi connectivity index (χ4n) is 3.23. The molecule has 0 spiro atoms. The number of urea groups is 1. The molecule has 1 aliphatic rings. The molecule has 0 bridgehead atoms. The number of benzene rings is 2. The highest BCUT2D eigenvalue weighted by Gasteiger charge is 2.24. The van der Waals surface area contributed by atoms with Gasteiger partial charge in [-0.1, -0.05) is 30.3 Å². The summed E-state index contributed by atoms with van der Waals surface area (Å²) in [6.07, 6.45) is 0.735. The van der Waals surface area contributed by atoms with Crippen LogP contribution < -0.4 is 10.1 Å². The lowest BCUT2D eigenvalue weighted by molar-refractivity contribution is -0.152. The highest BCUT2D eigenvalue weighted by molar-refractivity contribution is 5.89. The van der Waals surface area contributed by atoms with Crippen LogP contribution in [-0.4, -0.2) is 67.6 Å². The van der Waals surface area contributed by atoms with Crippen molar-refractivity contribution in [1.29, 1.82) is 0 Å². The Kier molecular flexibility index (Phi) is 7.86. The molecule has 8 nitrogen and oxygen atoms in total. The molecule has 8 heteroatoms. The maximum atomic E-state index is 12.3. The van der Waals surface area contributed by atoms with Crippen LogP contribution in [0.15, 0.2) is 54.6 Å². The van der Waals surface area contributed by atoms with Crippen molar-refractivity contribution in [1.82, 2.24) is 9.80 Å². The van der Waals surface area contributed by atoms with Crippen molar-refractivity contribution in [2.75, 3.05) is 45.2 Å². The smallest absolute Gasteiger partial charge is 0.321 e. The summed E-state index contributed by atoms with van der Waals surface area (Å²) < 4.78 is 10.2. The average Bonchev–Trinajstić information content (AvgIpc) is 2.82. The van der Waals surface area contributed by atoms with Gasteiger partial charge in [0.2, 0.25) is 0 Å². The number of esters is 1. The van der Waals surface area contributed by atoms with Crippen LogP contribution in [0.2, 0.25) is 0 Å². The van der Waals surface area contributed by atoms with Gasteiger partial charge in [0.25, 0.3) is 5.91 Å². The Morgan fingerprint density at radius 3 is 2.19 bits per heavy atom. The van der Waals surface area contributed by atoms with Crippen LogP contribution in [0.1, 0.15) is 12.0 Å². The Balaban J connectivity index is 1.34. The maximum absolute atomic E-state index is 12.3. The fourth-order valence-corrected chi connectivity index (χ4v) is 3.23. The molecule has 0 unspecified atom stereocenters. The molecule has 3 rings (SSSR count). The second kappa shape index (κ2) is 11.0. The van der Waals surface area contributed by atoms with Crippen molar-refractivity contribution in [2.45, 2.75) is 12.8 Å². The van der Waals surface area contributed by atoms with Gasteiger partial charge in [-0.15, -0.1) is 0 Å². The van der Waals surface area contributed by atoms with E-state index in [1.807, 2.05) is 54.6 Å². The van der Waals surface area contributed by atoms with Gasteiger partial charge in [-0.2, -0.15) is 0 Å². The van der Waals surface area contributed by atoms with E-state index in [0.717, 1.165) is 17.0 Å². The molecular formula is C23H27N3O5. The van der Waals surface area contributed by atoms with Gasteiger partial charge < -0.3 is 24.6 Å². The number of anilines is 1. The number of ether oxygens (including phenoxy) is 2. The van der Waals surface area contributed by atoms with E-state index in [9.17, 15) is 14.4 Å². The Labute approximate surface area is 181 Å². The Hall–Kier alpha value is -3.55. The van der Waals surface area contributed by atoms with Gasteiger partial charge in [0, 0.05) is 38.3 Å². The van der Waals surface area contributed by atoms with Gasteiger partial charge >= 0.3 is 12.0 Å². The van der Waals surface area contributed by atoms with Gasteiger partial charge in [0.05, 0.1) is 7.11 Å². The molecule has 1 fully saturated rings. The van der Waals surface area contributed by atoms with Crippen LogP contribution in [-0.2, 0) is 20.7 Å². The number of hydrogen-bond donors (Lipinski definition) is 1. The number of aryl methyl sites for hydroxylation is 1. The van der Waals surface area contributed by atoms with Gasteiger partial charge in [0.1, 0.15) is 5.75 Å². The number of nitrogens with one attached hydrogen (secondary N) is 1. The third-order valence-corrected chi connectivity index (χ3v) is 5.08. The maximum Gasteiger partial charge on any atom is 0.321 e. The Morgan fingerprint density at radius 2 is 1.55 bits per heavy atom. The van der Waals surface area contributed by atoms with Crippen molar-refractivity contribution in [2.24, 2.45) is 0 Å². The largest absolute Gasteiger partial charge is 0.497 e. The molecule has 0 atom stereocenters. The van der Waals surface area contributed by atoms with Crippen LogP contribution in [0.25, 0.3) is 0 Å². The summed E-state index contributed by atoms with van der Waals surface area (Å²) in [6.45, 7) is 1.39. The summed E-state index contributed by atoms with van der Waals surface area (Å²) in [5.41, 5.74) is 1.72. The highest BCUT2D eigenvalue weighted by Crippen LogP contribution is 2.13. The summed E-state index contributed by atoms with van der Waals surface area (Å²) in [5.74, 6) is 0.0977. The SMILES string of the molecule is COc1ccc(CCC(=O)OCC(=O)N2CCN(C(=O)Nc3ccccc3)CC2)cc1. The van der Waals surface area contributed by atoms with Crippen molar-refractivity contribution >= 4 is 23.6 Å². The van der Waals surface area contributed by atoms with Crippen LogP contribution >= 0.6 is 0 Å². The van der Waals surface area contributed by atoms with Crippen molar-refractivity contribution in [3.63, 3.8) is 0 Å². The third kappa shape index (κ3) is 6.74. The average molecular weight is 425 g/mol. The molecule has 3 amide bonds. The fraction of sp³-hybridized carbons (Fsp3) is 0.348. The summed E-state index contributed by atoms with van der Waals surface area (Å²) in [7, 11) is 1.60. The second-order valence-corrected chi connectivity index (χ2v) is 7.17. The van der Waals surface area contributed by atoms with Crippen LogP contribution in [0.3, 0.4) is 0 Å². The number of piperazine rings is 1. The number of methoxy groups -OCH3 is 1. The van der Waals surface area contributed by atoms with E-state index in [2.05, 4.69) is 5.32 Å². The summed E-state index contributed by atoms with van der Waals surface area (Å²) in [5, 5.41) is 2.84. The lowest BCUT2D eigenvalue weighted by atomic mass is 10.1. The normalized spacial score (nSPS) is 13.5. The van der Waals surface area contributed by atoms with Crippen molar-refractivity contribution in [3.05, 3.63) is 60.2 Å². The van der Waals surface area contributed by atoms with Crippen LogP contribution in [0.5, 0.6) is 5.75 Å². The van der Waals surface area contributed by atoms with E-state index in [4.69, 9.17) is 9.47 Å². The number of amides is 3. The molecule has 1 aliphatic heterocycles. The first kappa shape index (κ1) is 22.1. The van der Waals surface area contributed by atoms with E-state index < -0.39 is 5.97 Å². The number of rotatable bonds is 7. The highest BCUT2D eigenvalue weighted by atomic mass is 16.5. The predicted octanol–water partition coefficient (Wildman–Crippen LogP) is 2.55. The first-order chi connectivity index (χ1) is 15.0. The molecule has 1 N–H and O–H groups in total. The monoisotopic (exact) mass is 425 g/mol. The summed E-state index contributed by atoms with van der Waals surface area (Å²) in [4.78, 5) is 39.9. The molecule has 0 aliphatic carbocycles. The standard InChI is InChI=1S/C23H27N3O5/c1-30-20-10-7-18(8-11-20)9-12-22(28)31-17-21(27)25-13-15-26(16-14-25)23(29)24-19-5-3-2-4-6-19/h2-8,10-11H,9,12-17H2,1H3,(H,24,29). The van der Waals surface area contributed by atoms with Crippen molar-refractivity contribution in [3.8, 4) is 5.75 Å². The first-order valence-corrected chi connectivity index (χ1v) is 10.2. The minimum atomic E-state index is -0.412. The Morgan fingerprint density at radius 1 is 0.903 bits per heavy atom. The molecule has 0 aromatic heterocycles. The van der Waals surface area contributed by atoms with Crippen LogP contribution in [0.4, 0.5) is 10.5 Å². The molecular weight excluding hydrogens is 398 g/mol. The van der Waals surface area contributed by atoms with E-state index in [1.54, 1.807) is 16.9 Å². The molecule has 31 heavy (non-hydrogen) atoms. The molecule has 0 saturated carbocycles. The minimum absolute atomic E-state index is 0.191. The first-order valence-electron chi connectivity index (χ1n) is 10.2. The second-order valence-electron chi connectivity index (χ2n) is 7.17. The van der Waals surface area contributed by atoms with Crippen molar-refractivity contribution < 1.29 is 23.9 Å². The van der Waals surface area contributed by atoms with E-state index >= 15 is 0 Å². The zero-order valence-corrected chi connectivity index (χ0v) is 17.6. The van der Waals surface area contributed by atoms with E-state index in [-0.39, 0.29) is 25.0 Å².